The molecule has 0 atom stereocenters. The molecule has 0 aliphatic carbocycles. The van der Waals surface area contributed by atoms with Crippen molar-refractivity contribution < 1.29 is 9.18 Å². The number of carbonyl (C=O) groups is 1. The van der Waals surface area contributed by atoms with Crippen LogP contribution in [0.25, 0.3) is 0 Å². The molecule has 0 bridgehead atoms. The summed E-state index contributed by atoms with van der Waals surface area (Å²) in [6.07, 6.45) is 1.34. The summed E-state index contributed by atoms with van der Waals surface area (Å²) in [6.45, 7) is 0.0720. The summed E-state index contributed by atoms with van der Waals surface area (Å²) in [7, 11) is 0. The molecule has 2 aromatic rings. The maximum absolute atomic E-state index is 13.4. The fourth-order valence-corrected chi connectivity index (χ4v) is 1.83. The number of aromatic amines is 1. The first-order chi connectivity index (χ1) is 8.58. The Morgan fingerprint density at radius 2 is 2.33 bits per heavy atom. The van der Waals surface area contributed by atoms with Crippen molar-refractivity contribution in [3.63, 3.8) is 0 Å². The summed E-state index contributed by atoms with van der Waals surface area (Å²) in [5.41, 5.74) is 6.34. The highest BCUT2D eigenvalue weighted by molar-refractivity contribution is 9.10. The minimum atomic E-state index is -0.427. The average Bonchev–Trinajstić information content (AvgIpc) is 2.76. The Balaban J connectivity index is 2.06. The van der Waals surface area contributed by atoms with Gasteiger partial charge in [-0.05, 0) is 18.2 Å². The van der Waals surface area contributed by atoms with E-state index in [4.69, 9.17) is 5.73 Å². The normalized spacial score (nSPS) is 10.3. The summed E-state index contributed by atoms with van der Waals surface area (Å²) in [4.78, 5) is 11.7. The molecule has 0 saturated carbocycles. The van der Waals surface area contributed by atoms with Gasteiger partial charge in [0, 0.05) is 16.6 Å². The zero-order chi connectivity index (χ0) is 13.1. The van der Waals surface area contributed by atoms with Gasteiger partial charge in [-0.1, -0.05) is 15.9 Å². The molecule has 1 amide bonds. The van der Waals surface area contributed by atoms with Gasteiger partial charge in [-0.15, -0.1) is 0 Å². The van der Waals surface area contributed by atoms with E-state index in [0.717, 1.165) is 4.47 Å². The molecular weight excluding hydrogens is 303 g/mol. The second kappa shape index (κ2) is 5.18. The molecule has 18 heavy (non-hydrogen) atoms. The molecule has 7 heteroatoms. The SMILES string of the molecule is Nc1cn[nH]c1C(=O)NCc1cc(Br)ccc1F. The largest absolute Gasteiger partial charge is 0.396 e. The second-order valence-electron chi connectivity index (χ2n) is 3.62. The van der Waals surface area contributed by atoms with Crippen molar-refractivity contribution in [1.82, 2.24) is 15.5 Å². The molecule has 0 aliphatic rings. The van der Waals surface area contributed by atoms with Gasteiger partial charge in [0.25, 0.3) is 5.91 Å². The van der Waals surface area contributed by atoms with Gasteiger partial charge in [-0.3, -0.25) is 9.89 Å². The van der Waals surface area contributed by atoms with Gasteiger partial charge in [0.05, 0.1) is 11.9 Å². The minimum Gasteiger partial charge on any atom is -0.396 e. The summed E-state index contributed by atoms with van der Waals surface area (Å²) in [5.74, 6) is -0.805. The molecule has 0 spiro atoms. The van der Waals surface area contributed by atoms with Gasteiger partial charge in [-0.25, -0.2) is 4.39 Å². The van der Waals surface area contributed by atoms with Gasteiger partial charge in [-0.2, -0.15) is 5.10 Å². The zero-order valence-corrected chi connectivity index (χ0v) is 10.8. The maximum Gasteiger partial charge on any atom is 0.271 e. The van der Waals surface area contributed by atoms with Gasteiger partial charge in [0.2, 0.25) is 0 Å². The number of nitrogens with one attached hydrogen (secondary N) is 2. The molecule has 5 nitrogen and oxygen atoms in total. The molecule has 94 valence electrons. The molecule has 1 aromatic carbocycles. The van der Waals surface area contributed by atoms with E-state index in [1.165, 1.54) is 12.3 Å². The first kappa shape index (κ1) is 12.6. The van der Waals surface area contributed by atoms with E-state index in [2.05, 4.69) is 31.4 Å². The number of nitrogen functional groups attached to an aromatic ring is 1. The van der Waals surface area contributed by atoms with Crippen LogP contribution in [0, 0.1) is 5.82 Å². The summed E-state index contributed by atoms with van der Waals surface area (Å²) >= 11 is 3.24. The Kier molecular flexibility index (Phi) is 3.61. The van der Waals surface area contributed by atoms with Crippen LogP contribution in [0.3, 0.4) is 0 Å². The molecule has 0 saturated heterocycles. The number of H-pyrrole nitrogens is 1. The van der Waals surface area contributed by atoms with Crippen molar-refractivity contribution in [2.75, 3.05) is 5.73 Å². The lowest BCUT2D eigenvalue weighted by Gasteiger charge is -2.06. The van der Waals surface area contributed by atoms with Crippen molar-refractivity contribution in [3.05, 3.63) is 45.9 Å². The number of aromatic nitrogens is 2. The number of rotatable bonds is 3. The lowest BCUT2D eigenvalue weighted by Crippen LogP contribution is -2.24. The van der Waals surface area contributed by atoms with Crippen molar-refractivity contribution in [2.45, 2.75) is 6.54 Å². The van der Waals surface area contributed by atoms with Crippen LogP contribution in [0.2, 0.25) is 0 Å². The quantitative estimate of drug-likeness (QED) is 0.808. The monoisotopic (exact) mass is 312 g/mol. The molecule has 4 N–H and O–H groups in total. The van der Waals surface area contributed by atoms with Crippen molar-refractivity contribution >= 4 is 27.5 Å². The third-order valence-electron chi connectivity index (χ3n) is 2.34. The van der Waals surface area contributed by atoms with Gasteiger partial charge in [0.1, 0.15) is 11.5 Å². The van der Waals surface area contributed by atoms with E-state index in [-0.39, 0.29) is 23.7 Å². The van der Waals surface area contributed by atoms with E-state index in [1.54, 1.807) is 12.1 Å². The standard InChI is InChI=1S/C11H10BrFN4O/c12-7-1-2-8(13)6(3-7)4-15-11(18)10-9(14)5-16-17-10/h1-3,5H,4,14H2,(H,15,18)(H,16,17). The van der Waals surface area contributed by atoms with Crippen LogP contribution >= 0.6 is 15.9 Å². The van der Waals surface area contributed by atoms with Gasteiger partial charge < -0.3 is 11.1 Å². The van der Waals surface area contributed by atoms with E-state index in [0.29, 0.717) is 5.56 Å². The molecule has 1 heterocycles. The van der Waals surface area contributed by atoms with Crippen LogP contribution in [0.5, 0.6) is 0 Å². The topological polar surface area (TPSA) is 83.8 Å². The number of halogens is 2. The number of nitrogens with zero attached hydrogens (tertiary/aromatic N) is 1. The molecule has 0 unspecified atom stereocenters. The average molecular weight is 313 g/mol. The van der Waals surface area contributed by atoms with Crippen molar-refractivity contribution in [3.8, 4) is 0 Å². The third-order valence-corrected chi connectivity index (χ3v) is 2.84. The Hall–Kier alpha value is -1.89. The van der Waals surface area contributed by atoms with Crippen LogP contribution in [-0.4, -0.2) is 16.1 Å². The highest BCUT2D eigenvalue weighted by atomic mass is 79.9. The van der Waals surface area contributed by atoms with E-state index >= 15 is 0 Å². The van der Waals surface area contributed by atoms with Crippen molar-refractivity contribution in [1.29, 1.82) is 0 Å². The number of carbonyl (C=O) groups excluding carboxylic acids is 1. The van der Waals surface area contributed by atoms with E-state index in [9.17, 15) is 9.18 Å². The highest BCUT2D eigenvalue weighted by Crippen LogP contribution is 2.15. The van der Waals surface area contributed by atoms with Gasteiger partial charge in [0.15, 0.2) is 0 Å². The molecule has 0 radical (unpaired) electrons. The number of amides is 1. The first-order valence-electron chi connectivity index (χ1n) is 5.09. The van der Waals surface area contributed by atoms with Crippen LogP contribution in [0.4, 0.5) is 10.1 Å². The summed E-state index contributed by atoms with van der Waals surface area (Å²) in [6, 6.07) is 4.52. The molecule has 2 rings (SSSR count). The lowest BCUT2D eigenvalue weighted by molar-refractivity contribution is 0.0946. The fraction of sp³-hybridized carbons (Fsp3) is 0.0909. The third kappa shape index (κ3) is 2.67. The van der Waals surface area contributed by atoms with Crippen LogP contribution in [0.15, 0.2) is 28.9 Å². The Bertz CT molecular complexity index is 584. The summed E-state index contributed by atoms with van der Waals surface area (Å²) in [5, 5.41) is 8.67. The number of anilines is 1. The summed E-state index contributed by atoms with van der Waals surface area (Å²) < 4.78 is 14.2. The first-order valence-corrected chi connectivity index (χ1v) is 5.88. The van der Waals surface area contributed by atoms with Crippen LogP contribution in [-0.2, 0) is 6.54 Å². The Morgan fingerprint density at radius 3 is 3.00 bits per heavy atom. The minimum absolute atomic E-state index is 0.0720. The van der Waals surface area contributed by atoms with Crippen LogP contribution < -0.4 is 11.1 Å². The number of benzene rings is 1. The number of nitrogens with two attached hydrogens (primary N) is 1. The van der Waals surface area contributed by atoms with E-state index < -0.39 is 5.91 Å². The molecular formula is C11H10BrFN4O. The number of hydrogen-bond donors (Lipinski definition) is 3. The predicted octanol–water partition coefficient (Wildman–Crippen LogP) is 1.82. The molecule has 0 aliphatic heterocycles. The van der Waals surface area contributed by atoms with Crippen LogP contribution in [0.1, 0.15) is 16.1 Å². The predicted molar refractivity (Wildman–Crippen MR) is 68.3 cm³/mol. The Morgan fingerprint density at radius 1 is 1.56 bits per heavy atom. The number of hydrogen-bond acceptors (Lipinski definition) is 3. The second-order valence-corrected chi connectivity index (χ2v) is 4.53. The fourth-order valence-electron chi connectivity index (χ4n) is 1.42. The lowest BCUT2D eigenvalue weighted by atomic mass is 10.2. The molecule has 1 aromatic heterocycles. The Labute approximate surface area is 111 Å². The van der Waals surface area contributed by atoms with Gasteiger partial charge >= 0.3 is 0 Å². The van der Waals surface area contributed by atoms with Crippen molar-refractivity contribution in [2.24, 2.45) is 0 Å². The highest BCUT2D eigenvalue weighted by Gasteiger charge is 2.12. The zero-order valence-electron chi connectivity index (χ0n) is 9.21. The maximum atomic E-state index is 13.4. The smallest absolute Gasteiger partial charge is 0.271 e. The van der Waals surface area contributed by atoms with E-state index in [1.807, 2.05) is 0 Å². The molecule has 0 fully saturated rings.